The molecule has 3 rings (SSSR count). The Morgan fingerprint density at radius 2 is 2.10 bits per heavy atom. The van der Waals surface area contributed by atoms with Crippen LogP contribution in [0.2, 0.25) is 0 Å². The molecule has 106 valence electrons. The lowest BCUT2D eigenvalue weighted by molar-refractivity contribution is 0.235. The molecule has 1 aromatic heterocycles. The molecule has 0 amide bonds. The average Bonchev–Trinajstić information content (AvgIpc) is 2.84. The second-order valence-corrected chi connectivity index (χ2v) is 5.73. The monoisotopic (exact) mass is 269 g/mol. The van der Waals surface area contributed by atoms with Crippen LogP contribution in [-0.2, 0) is 7.05 Å². The summed E-state index contributed by atoms with van der Waals surface area (Å²) in [4.78, 5) is 2.45. The van der Waals surface area contributed by atoms with Crippen LogP contribution in [0.4, 0.5) is 0 Å². The molecule has 1 aliphatic rings. The van der Waals surface area contributed by atoms with E-state index in [2.05, 4.69) is 60.0 Å². The van der Waals surface area contributed by atoms with E-state index in [1.807, 2.05) is 0 Å². The van der Waals surface area contributed by atoms with Crippen LogP contribution in [0.25, 0.3) is 16.5 Å². The van der Waals surface area contributed by atoms with E-state index in [1.54, 1.807) is 0 Å². The standard InChI is InChI=1S/C17H23N3/c1-13(11-18)20-9-7-14(8-10-20)16-12-19(2)17-6-4-3-5-15(16)17/h3-7,12-13H,8-11,18H2,1-2H3. The molecule has 0 saturated heterocycles. The first kappa shape index (κ1) is 13.4. The largest absolute Gasteiger partial charge is 0.350 e. The Morgan fingerprint density at radius 1 is 1.30 bits per heavy atom. The maximum atomic E-state index is 5.76. The summed E-state index contributed by atoms with van der Waals surface area (Å²) in [6.07, 6.45) is 5.74. The van der Waals surface area contributed by atoms with Crippen molar-refractivity contribution >= 4 is 16.5 Å². The van der Waals surface area contributed by atoms with Crippen molar-refractivity contribution in [3.63, 3.8) is 0 Å². The number of rotatable bonds is 3. The number of nitrogens with zero attached hydrogens (tertiary/aromatic N) is 2. The van der Waals surface area contributed by atoms with Crippen LogP contribution in [0.5, 0.6) is 0 Å². The lowest BCUT2D eigenvalue weighted by Gasteiger charge is -2.31. The highest BCUT2D eigenvalue weighted by Gasteiger charge is 2.18. The van der Waals surface area contributed by atoms with Gasteiger partial charge < -0.3 is 10.3 Å². The Balaban J connectivity index is 1.91. The lowest BCUT2D eigenvalue weighted by atomic mass is 9.98. The second kappa shape index (κ2) is 5.43. The van der Waals surface area contributed by atoms with Gasteiger partial charge in [-0.05, 0) is 25.0 Å². The van der Waals surface area contributed by atoms with E-state index in [1.165, 1.54) is 22.0 Å². The first-order chi connectivity index (χ1) is 9.70. The first-order valence-corrected chi connectivity index (χ1v) is 7.38. The Hall–Kier alpha value is -1.58. The van der Waals surface area contributed by atoms with E-state index in [0.717, 1.165) is 26.1 Å². The molecule has 0 spiro atoms. The summed E-state index contributed by atoms with van der Waals surface area (Å²) in [6.45, 7) is 5.05. The predicted octanol–water partition coefficient (Wildman–Crippen LogP) is 2.61. The molecule has 3 nitrogen and oxygen atoms in total. The fourth-order valence-corrected chi connectivity index (χ4v) is 3.08. The summed E-state index contributed by atoms with van der Waals surface area (Å²) in [5.41, 5.74) is 9.93. The highest BCUT2D eigenvalue weighted by Crippen LogP contribution is 2.30. The van der Waals surface area contributed by atoms with Gasteiger partial charge in [0, 0.05) is 55.4 Å². The molecule has 0 fully saturated rings. The maximum absolute atomic E-state index is 5.76. The molecule has 20 heavy (non-hydrogen) atoms. The third-order valence-electron chi connectivity index (χ3n) is 4.45. The van der Waals surface area contributed by atoms with Gasteiger partial charge in [-0.25, -0.2) is 0 Å². The summed E-state index contributed by atoms with van der Waals surface area (Å²) < 4.78 is 2.22. The molecule has 0 saturated carbocycles. The normalized spacial score (nSPS) is 18.2. The van der Waals surface area contributed by atoms with Crippen LogP contribution in [-0.4, -0.2) is 35.1 Å². The quantitative estimate of drug-likeness (QED) is 0.929. The van der Waals surface area contributed by atoms with E-state index in [0.29, 0.717) is 6.04 Å². The van der Waals surface area contributed by atoms with Crippen molar-refractivity contribution in [1.82, 2.24) is 9.47 Å². The maximum Gasteiger partial charge on any atom is 0.0484 e. The summed E-state index contributed by atoms with van der Waals surface area (Å²) >= 11 is 0. The van der Waals surface area contributed by atoms with Crippen LogP contribution in [0.3, 0.4) is 0 Å². The number of hydrogen-bond acceptors (Lipinski definition) is 2. The number of aryl methyl sites for hydroxylation is 1. The van der Waals surface area contributed by atoms with Crippen molar-refractivity contribution in [3.8, 4) is 0 Å². The molecule has 1 unspecified atom stereocenters. The van der Waals surface area contributed by atoms with E-state index in [4.69, 9.17) is 5.73 Å². The minimum atomic E-state index is 0.473. The molecule has 0 bridgehead atoms. The Bertz CT molecular complexity index is 639. The van der Waals surface area contributed by atoms with Crippen molar-refractivity contribution in [3.05, 3.63) is 42.1 Å². The lowest BCUT2D eigenvalue weighted by Crippen LogP contribution is -2.40. The molecule has 0 radical (unpaired) electrons. The SMILES string of the molecule is CC(CN)N1CC=C(c2cn(C)c3ccccc23)CC1. The van der Waals surface area contributed by atoms with Gasteiger partial charge in [-0.3, -0.25) is 4.90 Å². The van der Waals surface area contributed by atoms with Crippen molar-refractivity contribution in [2.75, 3.05) is 19.6 Å². The summed E-state index contributed by atoms with van der Waals surface area (Å²) in [5.74, 6) is 0. The van der Waals surface area contributed by atoms with Gasteiger partial charge in [0.25, 0.3) is 0 Å². The molecule has 2 aromatic rings. The zero-order valence-electron chi connectivity index (χ0n) is 12.3. The molecular formula is C17H23N3. The number of aromatic nitrogens is 1. The smallest absolute Gasteiger partial charge is 0.0484 e. The molecule has 0 aliphatic carbocycles. The summed E-state index contributed by atoms with van der Waals surface area (Å²) in [5, 5.41) is 1.36. The van der Waals surface area contributed by atoms with Gasteiger partial charge in [0.05, 0.1) is 0 Å². The van der Waals surface area contributed by atoms with Gasteiger partial charge >= 0.3 is 0 Å². The van der Waals surface area contributed by atoms with E-state index < -0.39 is 0 Å². The van der Waals surface area contributed by atoms with E-state index >= 15 is 0 Å². The van der Waals surface area contributed by atoms with Crippen molar-refractivity contribution in [2.45, 2.75) is 19.4 Å². The average molecular weight is 269 g/mol. The number of hydrogen-bond donors (Lipinski definition) is 1. The molecule has 2 N–H and O–H groups in total. The van der Waals surface area contributed by atoms with Crippen molar-refractivity contribution in [2.24, 2.45) is 12.8 Å². The molecule has 1 aromatic carbocycles. The molecule has 1 aliphatic heterocycles. The van der Waals surface area contributed by atoms with Gasteiger partial charge in [0.2, 0.25) is 0 Å². The zero-order chi connectivity index (χ0) is 14.1. The number of benzene rings is 1. The van der Waals surface area contributed by atoms with Crippen LogP contribution in [0.1, 0.15) is 18.9 Å². The Morgan fingerprint density at radius 3 is 2.80 bits per heavy atom. The highest BCUT2D eigenvalue weighted by atomic mass is 15.2. The molecule has 2 heterocycles. The van der Waals surface area contributed by atoms with Crippen LogP contribution < -0.4 is 5.73 Å². The summed E-state index contributed by atoms with van der Waals surface area (Å²) in [6, 6.07) is 9.11. The van der Waals surface area contributed by atoms with E-state index in [9.17, 15) is 0 Å². The van der Waals surface area contributed by atoms with Gasteiger partial charge in [-0.1, -0.05) is 24.3 Å². The zero-order valence-corrected chi connectivity index (χ0v) is 12.3. The van der Waals surface area contributed by atoms with Crippen LogP contribution >= 0.6 is 0 Å². The number of para-hydroxylation sites is 1. The first-order valence-electron chi connectivity index (χ1n) is 7.38. The fourth-order valence-electron chi connectivity index (χ4n) is 3.08. The minimum absolute atomic E-state index is 0.473. The molecule has 3 heteroatoms. The minimum Gasteiger partial charge on any atom is -0.350 e. The molecular weight excluding hydrogens is 246 g/mol. The van der Waals surface area contributed by atoms with Crippen LogP contribution in [0, 0.1) is 0 Å². The third kappa shape index (κ3) is 2.28. The van der Waals surface area contributed by atoms with E-state index in [-0.39, 0.29) is 0 Å². The topological polar surface area (TPSA) is 34.2 Å². The Kier molecular flexibility index (Phi) is 3.64. The highest BCUT2D eigenvalue weighted by molar-refractivity contribution is 5.93. The van der Waals surface area contributed by atoms with Gasteiger partial charge in [0.1, 0.15) is 0 Å². The van der Waals surface area contributed by atoms with Gasteiger partial charge in [0.15, 0.2) is 0 Å². The number of nitrogens with two attached hydrogens (primary N) is 1. The van der Waals surface area contributed by atoms with Crippen molar-refractivity contribution < 1.29 is 0 Å². The van der Waals surface area contributed by atoms with Gasteiger partial charge in [-0.15, -0.1) is 0 Å². The molecule has 1 atom stereocenters. The predicted molar refractivity (Wildman–Crippen MR) is 85.6 cm³/mol. The number of fused-ring (bicyclic) bond motifs is 1. The fraction of sp³-hybridized carbons (Fsp3) is 0.412. The summed E-state index contributed by atoms with van der Waals surface area (Å²) in [7, 11) is 2.12. The van der Waals surface area contributed by atoms with Crippen LogP contribution in [0.15, 0.2) is 36.5 Å². The van der Waals surface area contributed by atoms with Crippen molar-refractivity contribution in [1.29, 1.82) is 0 Å². The van der Waals surface area contributed by atoms with Gasteiger partial charge in [-0.2, -0.15) is 0 Å². The third-order valence-corrected chi connectivity index (χ3v) is 4.45. The second-order valence-electron chi connectivity index (χ2n) is 5.73. The Labute approximate surface area is 120 Å².